The fourth-order valence-electron chi connectivity index (χ4n) is 9.09. The average Bonchev–Trinajstić information content (AvgIpc) is 3.27. The number of nitrogens with zero attached hydrogens (tertiary/aromatic N) is 1. The number of hydrogen-bond donors (Lipinski definition) is 0. The topological polar surface area (TPSA) is 46.6 Å². The minimum absolute atomic E-state index is 0.0489. The van der Waals surface area contributed by atoms with Crippen LogP contribution in [0.25, 0.3) is 0 Å². The predicted octanol–water partition coefficient (Wildman–Crippen LogP) is 3.23. The van der Waals surface area contributed by atoms with E-state index in [0.29, 0.717) is 34.9 Å². The minimum Gasteiger partial charge on any atom is -0.379 e. The lowest BCUT2D eigenvalue weighted by Crippen LogP contribution is -2.58. The van der Waals surface area contributed by atoms with Crippen molar-refractivity contribution in [2.24, 2.45) is 34.0 Å². The van der Waals surface area contributed by atoms with E-state index in [9.17, 15) is 9.59 Å². The second-order valence-corrected chi connectivity index (χ2v) is 10.9. The third-order valence-corrected chi connectivity index (χ3v) is 10.3. The van der Waals surface area contributed by atoms with Crippen LogP contribution in [0.15, 0.2) is 0 Å². The van der Waals surface area contributed by atoms with Gasteiger partial charge in [0.05, 0.1) is 13.2 Å². The molecule has 1 saturated heterocycles. The maximum atomic E-state index is 12.7. The first kappa shape index (κ1) is 17.1. The SMILES string of the molecule is C[C@]12CC[C@H]3[C@@H](CC(N4CCOCC4)[C@]45CC(=O)CC[C@]34C5)[C@@H]1CCC2=O. The van der Waals surface area contributed by atoms with Gasteiger partial charge in [-0.15, -0.1) is 0 Å². The summed E-state index contributed by atoms with van der Waals surface area (Å²) in [5.41, 5.74) is 0.629. The van der Waals surface area contributed by atoms with Crippen molar-refractivity contribution in [1.29, 1.82) is 0 Å². The Morgan fingerprint density at radius 3 is 2.63 bits per heavy atom. The molecule has 6 fully saturated rings. The molecule has 5 saturated carbocycles. The van der Waals surface area contributed by atoms with Crippen LogP contribution < -0.4 is 0 Å². The van der Waals surface area contributed by atoms with Gasteiger partial charge >= 0.3 is 0 Å². The first-order chi connectivity index (χ1) is 13.0. The van der Waals surface area contributed by atoms with Crippen molar-refractivity contribution in [2.75, 3.05) is 26.3 Å². The van der Waals surface area contributed by atoms with Crippen molar-refractivity contribution >= 4 is 11.6 Å². The van der Waals surface area contributed by atoms with E-state index in [2.05, 4.69) is 11.8 Å². The summed E-state index contributed by atoms with van der Waals surface area (Å²) in [7, 11) is 0. The Morgan fingerprint density at radius 2 is 1.81 bits per heavy atom. The molecule has 0 amide bonds. The number of ether oxygens (including phenoxy) is 1. The van der Waals surface area contributed by atoms with Crippen molar-refractivity contribution < 1.29 is 14.3 Å². The quantitative estimate of drug-likeness (QED) is 0.710. The maximum Gasteiger partial charge on any atom is 0.139 e. The molecule has 1 unspecified atom stereocenters. The number of carbonyl (C=O) groups is 2. The molecule has 27 heavy (non-hydrogen) atoms. The van der Waals surface area contributed by atoms with Gasteiger partial charge in [-0.1, -0.05) is 6.92 Å². The van der Waals surface area contributed by atoms with Gasteiger partial charge in [0.2, 0.25) is 0 Å². The van der Waals surface area contributed by atoms with Crippen molar-refractivity contribution in [3.05, 3.63) is 0 Å². The number of Topliss-reactive ketones (excluding diaryl/α,β-unsaturated/α-hetero) is 2. The Balaban J connectivity index is 1.40. The van der Waals surface area contributed by atoms with Gasteiger partial charge in [-0.3, -0.25) is 14.5 Å². The third kappa shape index (κ3) is 2.02. The van der Waals surface area contributed by atoms with Gasteiger partial charge in [0.25, 0.3) is 0 Å². The van der Waals surface area contributed by atoms with E-state index in [1.807, 2.05) is 0 Å². The van der Waals surface area contributed by atoms with Crippen molar-refractivity contribution in [1.82, 2.24) is 4.90 Å². The maximum absolute atomic E-state index is 12.7. The molecule has 0 radical (unpaired) electrons. The van der Waals surface area contributed by atoms with E-state index < -0.39 is 0 Å². The molecular weight excluding hydrogens is 338 g/mol. The van der Waals surface area contributed by atoms with Crippen LogP contribution in [0.3, 0.4) is 0 Å². The van der Waals surface area contributed by atoms with Gasteiger partial charge in [-0.2, -0.15) is 0 Å². The average molecular weight is 372 g/mol. The highest BCUT2D eigenvalue weighted by molar-refractivity contribution is 5.87. The van der Waals surface area contributed by atoms with Crippen LogP contribution in [0, 0.1) is 34.0 Å². The molecule has 0 bridgehead atoms. The van der Waals surface area contributed by atoms with Gasteiger partial charge in [-0.25, -0.2) is 0 Å². The third-order valence-electron chi connectivity index (χ3n) is 10.3. The van der Waals surface area contributed by atoms with Crippen molar-refractivity contribution in [3.63, 3.8) is 0 Å². The Hall–Kier alpha value is -0.740. The summed E-state index contributed by atoms with van der Waals surface area (Å²) in [5.74, 6) is 3.12. The lowest BCUT2D eigenvalue weighted by atomic mass is 9.49. The number of fused-ring (bicyclic) bond motifs is 3. The largest absolute Gasteiger partial charge is 0.379 e. The number of rotatable bonds is 1. The summed E-state index contributed by atoms with van der Waals surface area (Å²) >= 11 is 0. The second-order valence-electron chi connectivity index (χ2n) is 10.9. The Bertz CT molecular complexity index is 700. The summed E-state index contributed by atoms with van der Waals surface area (Å²) in [6, 6.07) is 0.546. The molecule has 4 nitrogen and oxygen atoms in total. The molecule has 6 aliphatic rings. The molecule has 4 heteroatoms. The van der Waals surface area contributed by atoms with E-state index in [4.69, 9.17) is 4.74 Å². The molecule has 1 aliphatic heterocycles. The van der Waals surface area contributed by atoms with Gasteiger partial charge in [0.15, 0.2) is 0 Å². The number of ketones is 2. The second kappa shape index (κ2) is 5.44. The summed E-state index contributed by atoms with van der Waals surface area (Å²) in [5, 5.41) is 0. The highest BCUT2D eigenvalue weighted by atomic mass is 16.5. The standard InChI is InChI=1S/C23H33NO3/c1-21-6-5-18-16(17(21)2-3-20(21)26)12-19(24-8-10-27-11-9-24)23-13-15(25)4-7-22(18,23)14-23/h16-19H,2-14H2,1H3/t16-,17-,18-,19?,21-,22-,23+/m0/s1. The first-order valence-corrected chi connectivity index (χ1v) is 11.4. The van der Waals surface area contributed by atoms with Gasteiger partial charge in [0.1, 0.15) is 11.6 Å². The molecule has 148 valence electrons. The van der Waals surface area contributed by atoms with E-state index in [0.717, 1.165) is 70.7 Å². The van der Waals surface area contributed by atoms with Gasteiger partial charge < -0.3 is 4.74 Å². The molecule has 0 aromatic heterocycles. The van der Waals surface area contributed by atoms with Crippen molar-refractivity contribution in [3.8, 4) is 0 Å². The predicted molar refractivity (Wildman–Crippen MR) is 101 cm³/mol. The molecule has 1 heterocycles. The summed E-state index contributed by atoms with van der Waals surface area (Å²) in [4.78, 5) is 27.9. The van der Waals surface area contributed by atoms with Crippen LogP contribution >= 0.6 is 0 Å². The number of morpholine rings is 1. The van der Waals surface area contributed by atoms with Crippen molar-refractivity contribution in [2.45, 2.75) is 70.8 Å². The molecule has 7 atom stereocenters. The van der Waals surface area contributed by atoms with Crippen LogP contribution in [-0.4, -0.2) is 48.8 Å². The minimum atomic E-state index is -0.0489. The van der Waals surface area contributed by atoms with E-state index in [-0.39, 0.29) is 10.8 Å². The summed E-state index contributed by atoms with van der Waals surface area (Å²) in [6.45, 7) is 6.00. The van der Waals surface area contributed by atoms with Crippen LogP contribution in [0.4, 0.5) is 0 Å². The zero-order valence-electron chi connectivity index (χ0n) is 16.7. The molecule has 5 aliphatic carbocycles. The fraction of sp³-hybridized carbons (Fsp3) is 0.913. The van der Waals surface area contributed by atoms with E-state index in [1.54, 1.807) is 0 Å². The van der Waals surface area contributed by atoms with Crippen LogP contribution in [0.5, 0.6) is 0 Å². The molecular formula is C23H33NO3. The molecule has 0 aromatic rings. The monoisotopic (exact) mass is 371 g/mol. The van der Waals surface area contributed by atoms with Crippen LogP contribution in [0.1, 0.15) is 64.7 Å². The zero-order valence-corrected chi connectivity index (χ0v) is 16.7. The number of carbonyl (C=O) groups excluding carboxylic acids is 2. The lowest BCUT2D eigenvalue weighted by Gasteiger charge is -2.58. The van der Waals surface area contributed by atoms with Crippen LogP contribution in [0.2, 0.25) is 0 Å². The molecule has 0 aromatic carbocycles. The summed E-state index contributed by atoms with van der Waals surface area (Å²) < 4.78 is 5.65. The first-order valence-electron chi connectivity index (χ1n) is 11.4. The summed E-state index contributed by atoms with van der Waals surface area (Å²) in [6.07, 6.45) is 9.55. The number of hydrogen-bond acceptors (Lipinski definition) is 4. The fourth-order valence-corrected chi connectivity index (χ4v) is 9.09. The van der Waals surface area contributed by atoms with Gasteiger partial charge in [-0.05, 0) is 67.1 Å². The van der Waals surface area contributed by atoms with Gasteiger partial charge in [0, 0.05) is 43.8 Å². The van der Waals surface area contributed by atoms with E-state index in [1.165, 1.54) is 19.3 Å². The van der Waals surface area contributed by atoms with E-state index >= 15 is 0 Å². The highest BCUT2D eigenvalue weighted by Crippen LogP contribution is 2.82. The Morgan fingerprint density at radius 1 is 1.00 bits per heavy atom. The lowest BCUT2D eigenvalue weighted by molar-refractivity contribution is -0.141. The normalized spacial score (nSPS) is 54.7. The zero-order chi connectivity index (χ0) is 18.4. The Kier molecular flexibility index (Phi) is 3.46. The smallest absolute Gasteiger partial charge is 0.139 e. The molecule has 6 rings (SSSR count). The Labute approximate surface area is 162 Å². The highest BCUT2D eigenvalue weighted by Gasteiger charge is 2.79. The molecule has 0 spiro atoms. The van der Waals surface area contributed by atoms with Crippen LogP contribution in [-0.2, 0) is 14.3 Å². The molecule has 0 N–H and O–H groups in total.